The standard InChI is InChI=1S/C29H50F2N4O8/c1-13-17(8)21(25(39)42-12)33-23(37)19(15(4)5)34-26(40)29(30,31)22(36)18(14(2)3)32-24(38)20(16(6)7)35-27(41)43-28(9,10)11/h14-21H,13H2,1-12H3,(H,32,38)(H,33,37)(H,34,40)(H,35,41)/t17-,18-,19-,20-,21-/m0/s1. The number of nitrogens with one attached hydrogen (secondary N) is 4. The molecule has 0 saturated carbocycles. The predicted molar refractivity (Wildman–Crippen MR) is 155 cm³/mol. The van der Waals surface area contributed by atoms with Gasteiger partial charge in [-0.2, -0.15) is 8.78 Å². The molecule has 4 amide bonds. The fourth-order valence-electron chi connectivity index (χ4n) is 3.86. The van der Waals surface area contributed by atoms with Crippen LogP contribution in [0.1, 0.15) is 82.6 Å². The monoisotopic (exact) mass is 620 g/mol. The first-order valence-corrected chi connectivity index (χ1v) is 14.4. The van der Waals surface area contributed by atoms with Crippen LogP contribution in [0.3, 0.4) is 0 Å². The lowest BCUT2D eigenvalue weighted by atomic mass is 9.93. The van der Waals surface area contributed by atoms with Gasteiger partial charge in [0.2, 0.25) is 17.6 Å². The van der Waals surface area contributed by atoms with E-state index in [2.05, 4.69) is 16.0 Å². The van der Waals surface area contributed by atoms with Gasteiger partial charge >= 0.3 is 18.0 Å². The summed E-state index contributed by atoms with van der Waals surface area (Å²) >= 11 is 0. The number of alkyl carbamates (subject to hydrolysis) is 1. The van der Waals surface area contributed by atoms with Crippen molar-refractivity contribution in [1.29, 1.82) is 0 Å². The number of carbonyl (C=O) groups is 6. The predicted octanol–water partition coefficient (Wildman–Crippen LogP) is 2.73. The highest BCUT2D eigenvalue weighted by atomic mass is 19.3. The zero-order valence-electron chi connectivity index (χ0n) is 27.3. The second kappa shape index (κ2) is 16.5. The highest BCUT2D eigenvalue weighted by molar-refractivity contribution is 6.11. The number of halogens is 2. The maximum Gasteiger partial charge on any atom is 0.408 e. The third kappa shape index (κ3) is 12.1. The van der Waals surface area contributed by atoms with Crippen LogP contribution in [0.2, 0.25) is 0 Å². The molecule has 5 atom stereocenters. The normalized spacial score (nSPS) is 15.6. The Morgan fingerprint density at radius 1 is 0.674 bits per heavy atom. The van der Waals surface area contributed by atoms with E-state index in [9.17, 15) is 28.8 Å². The highest BCUT2D eigenvalue weighted by Crippen LogP contribution is 2.22. The lowest BCUT2D eigenvalue weighted by Gasteiger charge is -2.30. The zero-order chi connectivity index (χ0) is 34.0. The molecule has 0 bridgehead atoms. The molecule has 0 aromatic rings. The molecule has 0 heterocycles. The van der Waals surface area contributed by atoms with Gasteiger partial charge in [0.25, 0.3) is 5.91 Å². The van der Waals surface area contributed by atoms with Crippen molar-refractivity contribution in [3.63, 3.8) is 0 Å². The van der Waals surface area contributed by atoms with Crippen molar-refractivity contribution in [3.05, 3.63) is 0 Å². The minimum atomic E-state index is -4.65. The first kappa shape index (κ1) is 39.7. The highest BCUT2D eigenvalue weighted by Gasteiger charge is 2.52. The molecular weight excluding hydrogens is 570 g/mol. The van der Waals surface area contributed by atoms with Gasteiger partial charge in [-0.1, -0.05) is 61.8 Å². The van der Waals surface area contributed by atoms with Gasteiger partial charge in [-0.25, -0.2) is 9.59 Å². The second-order valence-corrected chi connectivity index (χ2v) is 12.6. The molecule has 0 aliphatic heterocycles. The van der Waals surface area contributed by atoms with Crippen LogP contribution in [0.15, 0.2) is 0 Å². The van der Waals surface area contributed by atoms with Gasteiger partial charge in [0, 0.05) is 0 Å². The number of rotatable bonds is 15. The van der Waals surface area contributed by atoms with Crippen molar-refractivity contribution in [1.82, 2.24) is 21.3 Å². The SMILES string of the molecule is CC[C@H](C)[C@H](NC(=O)[C@@H](NC(=O)C(F)(F)C(=O)[C@@H](NC(=O)[C@@H](NC(=O)OC(C)(C)C)C(C)C)C(C)C)C(C)C)C(=O)OC. The summed E-state index contributed by atoms with van der Waals surface area (Å²) in [6.45, 7) is 17.3. The molecule has 12 nitrogen and oxygen atoms in total. The summed E-state index contributed by atoms with van der Waals surface area (Å²) in [6, 6.07) is -5.69. The molecule has 0 aliphatic rings. The first-order valence-electron chi connectivity index (χ1n) is 14.4. The number of methoxy groups -OCH3 is 1. The Hall–Kier alpha value is -3.32. The van der Waals surface area contributed by atoms with Crippen molar-refractivity contribution >= 4 is 35.6 Å². The van der Waals surface area contributed by atoms with Gasteiger partial charge in [-0.15, -0.1) is 0 Å². The largest absolute Gasteiger partial charge is 0.467 e. The van der Waals surface area contributed by atoms with Gasteiger partial charge < -0.3 is 30.7 Å². The van der Waals surface area contributed by atoms with Crippen LogP contribution in [-0.2, 0) is 33.4 Å². The van der Waals surface area contributed by atoms with Crippen LogP contribution in [0, 0.1) is 23.7 Å². The van der Waals surface area contributed by atoms with Crippen molar-refractivity contribution < 1.29 is 47.0 Å². The number of hydrogen-bond acceptors (Lipinski definition) is 8. The van der Waals surface area contributed by atoms with E-state index in [1.54, 1.807) is 48.5 Å². The molecular formula is C29H50F2N4O8. The van der Waals surface area contributed by atoms with Gasteiger partial charge in [0.1, 0.15) is 23.7 Å². The molecule has 0 fully saturated rings. The van der Waals surface area contributed by atoms with Gasteiger partial charge in [-0.05, 0) is 44.4 Å². The van der Waals surface area contributed by atoms with Crippen LogP contribution < -0.4 is 21.3 Å². The van der Waals surface area contributed by atoms with Crippen molar-refractivity contribution in [2.75, 3.05) is 7.11 Å². The second-order valence-electron chi connectivity index (χ2n) is 12.6. The Balaban J connectivity index is 5.96. The lowest BCUT2D eigenvalue weighted by molar-refractivity contribution is -0.162. The van der Waals surface area contributed by atoms with E-state index in [4.69, 9.17) is 9.47 Å². The van der Waals surface area contributed by atoms with Crippen molar-refractivity contribution in [2.24, 2.45) is 23.7 Å². The summed E-state index contributed by atoms with van der Waals surface area (Å²) in [4.78, 5) is 76.3. The summed E-state index contributed by atoms with van der Waals surface area (Å²) in [5.41, 5.74) is -0.868. The molecule has 0 unspecified atom stereocenters. The third-order valence-electron chi connectivity index (χ3n) is 6.66. The molecule has 0 aliphatic carbocycles. The molecule has 0 spiro atoms. The Kier molecular flexibility index (Phi) is 15.2. The number of ether oxygens (including phenoxy) is 2. The smallest absolute Gasteiger partial charge is 0.408 e. The van der Waals surface area contributed by atoms with E-state index < -0.39 is 89.0 Å². The fourth-order valence-corrected chi connectivity index (χ4v) is 3.86. The van der Waals surface area contributed by atoms with E-state index in [0.29, 0.717) is 6.42 Å². The van der Waals surface area contributed by atoms with E-state index in [0.717, 1.165) is 7.11 Å². The lowest BCUT2D eigenvalue weighted by Crippen LogP contribution is -2.62. The first-order chi connectivity index (χ1) is 19.5. The third-order valence-corrected chi connectivity index (χ3v) is 6.66. The van der Waals surface area contributed by atoms with Crippen molar-refractivity contribution in [3.8, 4) is 0 Å². The van der Waals surface area contributed by atoms with Crippen molar-refractivity contribution in [2.45, 2.75) is 118 Å². The number of esters is 1. The van der Waals surface area contributed by atoms with Gasteiger partial charge in [-0.3, -0.25) is 19.2 Å². The zero-order valence-corrected chi connectivity index (χ0v) is 27.3. The van der Waals surface area contributed by atoms with Crippen LogP contribution in [-0.4, -0.2) is 78.4 Å². The minimum Gasteiger partial charge on any atom is -0.467 e. The molecule has 0 saturated heterocycles. The topological polar surface area (TPSA) is 169 Å². The summed E-state index contributed by atoms with van der Waals surface area (Å²) in [5.74, 6) is -13.7. The number of carbonyl (C=O) groups excluding carboxylic acids is 6. The molecule has 0 radical (unpaired) electrons. The molecule has 43 heavy (non-hydrogen) atoms. The number of Topliss-reactive ketones (excluding diaryl/α,β-unsaturated/α-hetero) is 1. The Morgan fingerprint density at radius 3 is 1.47 bits per heavy atom. The summed E-state index contributed by atoms with van der Waals surface area (Å²) < 4.78 is 40.6. The maximum atomic E-state index is 15.3. The fraction of sp³-hybridized carbons (Fsp3) is 0.793. The molecule has 0 aromatic carbocycles. The Morgan fingerprint density at radius 2 is 1.09 bits per heavy atom. The quantitative estimate of drug-likeness (QED) is 0.160. The van der Waals surface area contributed by atoms with Crippen LogP contribution in [0.5, 0.6) is 0 Å². The number of hydrogen-bond donors (Lipinski definition) is 4. The molecule has 0 aromatic heterocycles. The van der Waals surface area contributed by atoms with Crippen LogP contribution >= 0.6 is 0 Å². The molecule has 0 rings (SSSR count). The summed E-state index contributed by atoms with van der Waals surface area (Å²) in [6.07, 6.45) is -0.433. The van der Waals surface area contributed by atoms with E-state index >= 15 is 8.78 Å². The average molecular weight is 621 g/mol. The molecule has 248 valence electrons. The van der Waals surface area contributed by atoms with E-state index in [-0.39, 0.29) is 5.92 Å². The molecule has 14 heteroatoms. The summed E-state index contributed by atoms with van der Waals surface area (Å²) in [7, 11) is 1.14. The number of ketones is 1. The number of amides is 4. The minimum absolute atomic E-state index is 0.363. The van der Waals surface area contributed by atoms with Gasteiger partial charge in [0.15, 0.2) is 0 Å². The summed E-state index contributed by atoms with van der Waals surface area (Å²) in [5, 5.41) is 9.00. The van der Waals surface area contributed by atoms with E-state index in [1.807, 2.05) is 5.32 Å². The van der Waals surface area contributed by atoms with Crippen LogP contribution in [0.25, 0.3) is 0 Å². The Labute approximate surface area is 253 Å². The number of alkyl halides is 2. The maximum absolute atomic E-state index is 15.3. The van der Waals surface area contributed by atoms with Crippen LogP contribution in [0.4, 0.5) is 13.6 Å². The Bertz CT molecular complexity index is 1010. The average Bonchev–Trinajstić information content (AvgIpc) is 2.88. The van der Waals surface area contributed by atoms with Gasteiger partial charge in [0.05, 0.1) is 13.2 Å². The van der Waals surface area contributed by atoms with E-state index in [1.165, 1.54) is 27.7 Å². The molecule has 4 N–H and O–H groups in total.